The first-order valence-electron chi connectivity index (χ1n) is 6.58. The van der Waals surface area contributed by atoms with Crippen molar-refractivity contribution in [2.45, 2.75) is 57.0 Å². The van der Waals surface area contributed by atoms with Gasteiger partial charge in [0, 0.05) is 19.5 Å². The minimum Gasteiger partial charge on any atom is -0.390 e. The average Bonchev–Trinajstić information content (AvgIpc) is 2.59. The van der Waals surface area contributed by atoms with Gasteiger partial charge in [-0.3, -0.25) is 4.79 Å². The van der Waals surface area contributed by atoms with Crippen LogP contribution >= 0.6 is 0 Å². The fourth-order valence-corrected chi connectivity index (χ4v) is 2.74. The molecule has 92 valence electrons. The molecule has 1 amide bonds. The molecule has 3 heteroatoms. The molecule has 0 saturated heterocycles. The number of hydrogen-bond acceptors (Lipinski definition) is 2. The highest BCUT2D eigenvalue weighted by atomic mass is 16.3. The van der Waals surface area contributed by atoms with Crippen molar-refractivity contribution in [1.29, 1.82) is 0 Å². The van der Waals surface area contributed by atoms with Crippen LogP contribution in [0.2, 0.25) is 0 Å². The molecular weight excluding hydrogens is 202 g/mol. The summed E-state index contributed by atoms with van der Waals surface area (Å²) in [4.78, 5) is 13.7. The maximum Gasteiger partial charge on any atom is 0.225 e. The summed E-state index contributed by atoms with van der Waals surface area (Å²) in [5, 5.41) is 10.2. The first kappa shape index (κ1) is 11.9. The topological polar surface area (TPSA) is 40.5 Å². The summed E-state index contributed by atoms with van der Waals surface area (Å²) in [7, 11) is 1.87. The average molecular weight is 225 g/mol. The fourth-order valence-electron chi connectivity index (χ4n) is 2.74. The van der Waals surface area contributed by atoms with Gasteiger partial charge >= 0.3 is 0 Å². The molecule has 0 aromatic heterocycles. The molecule has 3 nitrogen and oxygen atoms in total. The standard InChI is InChI=1S/C13H23NO2/c1-14(12(15)11-5-4-6-11)10-9-13(16)7-2-3-8-13/h11,16H,2-10H2,1H3. The second-order valence-corrected chi connectivity index (χ2v) is 5.57. The van der Waals surface area contributed by atoms with Gasteiger partial charge in [0.05, 0.1) is 5.60 Å². The Morgan fingerprint density at radius 1 is 1.31 bits per heavy atom. The van der Waals surface area contributed by atoms with E-state index < -0.39 is 5.60 Å². The third kappa shape index (κ3) is 2.57. The van der Waals surface area contributed by atoms with Crippen LogP contribution in [-0.2, 0) is 4.79 Å². The summed E-state index contributed by atoms with van der Waals surface area (Å²) in [6.45, 7) is 0.714. The van der Waals surface area contributed by atoms with E-state index in [9.17, 15) is 9.90 Å². The Kier molecular flexibility index (Phi) is 3.53. The van der Waals surface area contributed by atoms with Crippen molar-refractivity contribution >= 4 is 5.91 Å². The maximum absolute atomic E-state index is 11.9. The highest BCUT2D eigenvalue weighted by Gasteiger charge is 2.33. The molecule has 0 unspecified atom stereocenters. The molecule has 2 aliphatic rings. The quantitative estimate of drug-likeness (QED) is 0.794. The fraction of sp³-hybridized carbons (Fsp3) is 0.923. The van der Waals surface area contributed by atoms with Gasteiger partial charge in [0.1, 0.15) is 0 Å². The number of carbonyl (C=O) groups is 1. The summed E-state index contributed by atoms with van der Waals surface area (Å²) in [5.74, 6) is 0.566. The first-order chi connectivity index (χ1) is 7.61. The number of nitrogens with zero attached hydrogens (tertiary/aromatic N) is 1. The maximum atomic E-state index is 11.9. The summed E-state index contributed by atoms with van der Waals surface area (Å²) >= 11 is 0. The van der Waals surface area contributed by atoms with E-state index in [4.69, 9.17) is 0 Å². The van der Waals surface area contributed by atoms with Crippen molar-refractivity contribution in [3.63, 3.8) is 0 Å². The Labute approximate surface area is 97.8 Å². The van der Waals surface area contributed by atoms with Gasteiger partial charge < -0.3 is 10.0 Å². The predicted molar refractivity (Wildman–Crippen MR) is 63.0 cm³/mol. The van der Waals surface area contributed by atoms with Gasteiger partial charge in [0.25, 0.3) is 0 Å². The Hall–Kier alpha value is -0.570. The zero-order chi connectivity index (χ0) is 11.6. The zero-order valence-electron chi connectivity index (χ0n) is 10.2. The zero-order valence-corrected chi connectivity index (χ0v) is 10.2. The first-order valence-corrected chi connectivity index (χ1v) is 6.58. The SMILES string of the molecule is CN(CCC1(O)CCCC1)C(=O)C1CCC1. The van der Waals surface area contributed by atoms with Gasteiger partial charge in [-0.25, -0.2) is 0 Å². The predicted octanol–water partition coefficient (Wildman–Crippen LogP) is 1.94. The van der Waals surface area contributed by atoms with E-state index in [1.807, 2.05) is 11.9 Å². The lowest BCUT2D eigenvalue weighted by molar-refractivity contribution is -0.137. The third-order valence-electron chi connectivity index (χ3n) is 4.28. The van der Waals surface area contributed by atoms with E-state index in [2.05, 4.69) is 0 Å². The van der Waals surface area contributed by atoms with Crippen LogP contribution in [0.4, 0.5) is 0 Å². The number of hydrogen-bond donors (Lipinski definition) is 1. The Bertz CT molecular complexity index is 255. The Morgan fingerprint density at radius 2 is 1.94 bits per heavy atom. The lowest BCUT2D eigenvalue weighted by Gasteiger charge is -2.31. The van der Waals surface area contributed by atoms with E-state index >= 15 is 0 Å². The molecule has 0 bridgehead atoms. The van der Waals surface area contributed by atoms with Gasteiger partial charge in [0.15, 0.2) is 0 Å². The summed E-state index contributed by atoms with van der Waals surface area (Å²) < 4.78 is 0. The highest BCUT2D eigenvalue weighted by Crippen LogP contribution is 2.33. The third-order valence-corrected chi connectivity index (χ3v) is 4.28. The normalized spacial score (nSPS) is 24.1. The molecule has 1 N–H and O–H groups in total. The largest absolute Gasteiger partial charge is 0.390 e. The van der Waals surface area contributed by atoms with Crippen molar-refractivity contribution in [1.82, 2.24) is 4.90 Å². The number of amides is 1. The number of carbonyl (C=O) groups excluding carboxylic acids is 1. The smallest absolute Gasteiger partial charge is 0.225 e. The lowest BCUT2D eigenvalue weighted by Crippen LogP contribution is -2.39. The van der Waals surface area contributed by atoms with Crippen LogP contribution in [0.1, 0.15) is 51.4 Å². The van der Waals surface area contributed by atoms with E-state index in [1.54, 1.807) is 0 Å². The molecule has 0 spiro atoms. The summed E-state index contributed by atoms with van der Waals surface area (Å²) in [6, 6.07) is 0. The number of aliphatic hydroxyl groups is 1. The van der Waals surface area contributed by atoms with E-state index in [0.717, 1.165) is 44.9 Å². The second-order valence-electron chi connectivity index (χ2n) is 5.57. The van der Waals surface area contributed by atoms with Gasteiger partial charge in [-0.15, -0.1) is 0 Å². The van der Waals surface area contributed by atoms with Crippen molar-refractivity contribution in [2.75, 3.05) is 13.6 Å². The molecular formula is C13H23NO2. The van der Waals surface area contributed by atoms with Crippen molar-refractivity contribution in [3.05, 3.63) is 0 Å². The molecule has 2 rings (SSSR count). The Balaban J connectivity index is 1.74. The van der Waals surface area contributed by atoms with E-state index in [1.165, 1.54) is 6.42 Å². The molecule has 2 fully saturated rings. The van der Waals surface area contributed by atoms with Gasteiger partial charge in [-0.05, 0) is 32.1 Å². The molecule has 2 aliphatic carbocycles. The number of rotatable bonds is 4. The van der Waals surface area contributed by atoms with E-state index in [-0.39, 0.29) is 11.8 Å². The molecule has 0 radical (unpaired) electrons. The molecule has 16 heavy (non-hydrogen) atoms. The van der Waals surface area contributed by atoms with Crippen LogP contribution in [0.5, 0.6) is 0 Å². The van der Waals surface area contributed by atoms with Crippen molar-refractivity contribution in [3.8, 4) is 0 Å². The highest BCUT2D eigenvalue weighted by molar-refractivity contribution is 5.79. The van der Waals surface area contributed by atoms with Crippen molar-refractivity contribution < 1.29 is 9.90 Å². The van der Waals surface area contributed by atoms with Gasteiger partial charge in [-0.1, -0.05) is 19.3 Å². The molecule has 0 aliphatic heterocycles. The van der Waals surface area contributed by atoms with Crippen LogP contribution < -0.4 is 0 Å². The second kappa shape index (κ2) is 4.74. The monoisotopic (exact) mass is 225 g/mol. The van der Waals surface area contributed by atoms with Crippen molar-refractivity contribution in [2.24, 2.45) is 5.92 Å². The van der Waals surface area contributed by atoms with Crippen LogP contribution in [0.3, 0.4) is 0 Å². The summed E-state index contributed by atoms with van der Waals surface area (Å²) in [6.07, 6.45) is 8.18. The van der Waals surface area contributed by atoms with Crippen LogP contribution in [-0.4, -0.2) is 35.1 Å². The lowest BCUT2D eigenvalue weighted by atomic mass is 9.84. The molecule has 0 aromatic rings. The molecule has 0 heterocycles. The van der Waals surface area contributed by atoms with E-state index in [0.29, 0.717) is 6.54 Å². The minimum atomic E-state index is -0.478. The summed E-state index contributed by atoms with van der Waals surface area (Å²) in [5.41, 5.74) is -0.478. The van der Waals surface area contributed by atoms with Gasteiger partial charge in [0.2, 0.25) is 5.91 Å². The Morgan fingerprint density at radius 3 is 2.44 bits per heavy atom. The van der Waals surface area contributed by atoms with Gasteiger partial charge in [-0.2, -0.15) is 0 Å². The minimum absolute atomic E-state index is 0.281. The van der Waals surface area contributed by atoms with Crippen LogP contribution in [0, 0.1) is 5.92 Å². The molecule has 2 saturated carbocycles. The van der Waals surface area contributed by atoms with Crippen LogP contribution in [0.15, 0.2) is 0 Å². The molecule has 0 atom stereocenters. The molecule has 0 aromatic carbocycles. The van der Waals surface area contributed by atoms with Crippen LogP contribution in [0.25, 0.3) is 0 Å².